The van der Waals surface area contributed by atoms with E-state index >= 15 is 0 Å². The first-order valence-electron chi connectivity index (χ1n) is 9.58. The fourth-order valence-corrected chi connectivity index (χ4v) is 5.32. The monoisotopic (exact) mass is 385 g/mol. The number of pyridine rings is 1. The summed E-state index contributed by atoms with van der Waals surface area (Å²) < 4.78 is 26.5. The van der Waals surface area contributed by atoms with Crippen molar-refractivity contribution in [2.24, 2.45) is 5.41 Å². The Balaban J connectivity index is 1.53. The van der Waals surface area contributed by atoms with Crippen molar-refractivity contribution >= 4 is 10.4 Å². The van der Waals surface area contributed by atoms with Crippen molar-refractivity contribution < 1.29 is 8.76 Å². The minimum absolute atomic E-state index is 0.0241. The lowest BCUT2D eigenvalue weighted by atomic mass is 9.73. The van der Waals surface area contributed by atoms with E-state index < -0.39 is 10.4 Å². The van der Waals surface area contributed by atoms with Crippen LogP contribution in [0.3, 0.4) is 0 Å². The van der Waals surface area contributed by atoms with Crippen molar-refractivity contribution in [3.05, 3.63) is 65.5 Å². The molecule has 5 nitrogen and oxygen atoms in total. The van der Waals surface area contributed by atoms with E-state index in [4.69, 9.17) is 0 Å². The molecule has 1 fully saturated rings. The first-order valence-corrected chi connectivity index (χ1v) is 11.4. The molecule has 3 heterocycles. The highest BCUT2D eigenvalue weighted by molar-refractivity contribution is 7.94. The first-order chi connectivity index (χ1) is 12.9. The maximum Gasteiger partial charge on any atom is 0.122 e. The molecular formula is C21H27N3O2S. The third-order valence-electron chi connectivity index (χ3n) is 6.04. The second-order valence-electron chi connectivity index (χ2n) is 8.07. The molecule has 2 aliphatic heterocycles. The minimum atomic E-state index is -3.22. The zero-order chi connectivity index (χ0) is 18.9. The molecule has 0 radical (unpaired) electrons. The molecule has 144 valence electrons. The average molecular weight is 386 g/mol. The van der Waals surface area contributed by atoms with Crippen LogP contribution in [0.1, 0.15) is 29.7 Å². The molecule has 6 heteroatoms. The number of fused-ring (bicyclic) bond motifs is 1. The SMILES string of the molecule is C[S+](=O)([O-])N1Cc2ccccc2CC2(CCN(Cc3ccccn3)CC2)C1. The normalized spacial score (nSPS) is 22.7. The summed E-state index contributed by atoms with van der Waals surface area (Å²) in [6.45, 7) is 3.95. The predicted octanol–water partition coefficient (Wildman–Crippen LogP) is 2.90. The summed E-state index contributed by atoms with van der Waals surface area (Å²) in [5.41, 5.74) is 3.58. The van der Waals surface area contributed by atoms with Crippen LogP contribution in [0.4, 0.5) is 0 Å². The summed E-state index contributed by atoms with van der Waals surface area (Å²) in [7, 11) is -3.22. The van der Waals surface area contributed by atoms with Crippen molar-refractivity contribution in [1.82, 2.24) is 14.2 Å². The Bertz CT molecular complexity index is 828. The lowest BCUT2D eigenvalue weighted by Crippen LogP contribution is -2.48. The van der Waals surface area contributed by atoms with Crippen LogP contribution in [0, 0.1) is 5.41 Å². The Morgan fingerprint density at radius 1 is 1.11 bits per heavy atom. The Morgan fingerprint density at radius 2 is 1.81 bits per heavy atom. The topological polar surface area (TPSA) is 59.5 Å². The molecule has 0 saturated carbocycles. The van der Waals surface area contributed by atoms with E-state index in [0.717, 1.165) is 50.2 Å². The van der Waals surface area contributed by atoms with Crippen LogP contribution in [0.25, 0.3) is 0 Å². The van der Waals surface area contributed by atoms with Gasteiger partial charge in [-0.05, 0) is 61.0 Å². The fraction of sp³-hybridized carbons (Fsp3) is 0.476. The number of likely N-dealkylation sites (tertiary alicyclic amines) is 1. The van der Waals surface area contributed by atoms with Crippen molar-refractivity contribution in [1.29, 1.82) is 0 Å². The standard InChI is InChI=1S/C21H27N3O2S/c1-27(25,26)24-15-19-7-3-2-6-18(19)14-21(17-24)9-12-23(13-10-21)16-20-8-4-5-11-22-20/h2-8,11H,9-10,12-17H2,1H3. The molecule has 0 bridgehead atoms. The van der Waals surface area contributed by atoms with Gasteiger partial charge in [0.15, 0.2) is 0 Å². The number of hydrogen-bond donors (Lipinski definition) is 0. The average Bonchev–Trinajstić information content (AvgIpc) is 2.81. The Kier molecular flexibility index (Phi) is 5.16. The zero-order valence-electron chi connectivity index (χ0n) is 15.8. The van der Waals surface area contributed by atoms with Gasteiger partial charge in [0, 0.05) is 12.7 Å². The van der Waals surface area contributed by atoms with Gasteiger partial charge >= 0.3 is 0 Å². The van der Waals surface area contributed by atoms with Crippen LogP contribution in [-0.2, 0) is 34.1 Å². The number of rotatable bonds is 3. The number of benzene rings is 1. The fourth-order valence-electron chi connectivity index (χ4n) is 4.44. The number of sulfonamides is 1. The van der Waals surface area contributed by atoms with E-state index in [1.165, 1.54) is 11.8 Å². The van der Waals surface area contributed by atoms with Crippen molar-refractivity contribution in [3.8, 4) is 0 Å². The summed E-state index contributed by atoms with van der Waals surface area (Å²) >= 11 is 0. The molecule has 2 aromatic rings. The van der Waals surface area contributed by atoms with Crippen molar-refractivity contribution in [2.45, 2.75) is 32.4 Å². The molecule has 27 heavy (non-hydrogen) atoms. The van der Waals surface area contributed by atoms with E-state index in [-0.39, 0.29) is 5.41 Å². The van der Waals surface area contributed by atoms with Gasteiger partial charge in [0.2, 0.25) is 0 Å². The molecular weight excluding hydrogens is 358 g/mol. The van der Waals surface area contributed by atoms with E-state index in [9.17, 15) is 8.76 Å². The molecule has 1 spiro atoms. The van der Waals surface area contributed by atoms with Gasteiger partial charge in [-0.2, -0.15) is 0 Å². The summed E-state index contributed by atoms with van der Waals surface area (Å²) in [5, 5.41) is 0. The molecule has 0 N–H and O–H groups in total. The highest BCUT2D eigenvalue weighted by atomic mass is 32.3. The van der Waals surface area contributed by atoms with Gasteiger partial charge in [-0.15, -0.1) is 4.31 Å². The van der Waals surface area contributed by atoms with Crippen LogP contribution in [0.5, 0.6) is 0 Å². The first kappa shape index (κ1) is 18.7. The molecule has 1 aromatic heterocycles. The van der Waals surface area contributed by atoms with Gasteiger partial charge in [-0.3, -0.25) is 9.88 Å². The highest BCUT2D eigenvalue weighted by Gasteiger charge is 2.42. The largest absolute Gasteiger partial charge is 0.598 e. The minimum Gasteiger partial charge on any atom is -0.598 e. The number of hydrogen-bond acceptors (Lipinski definition) is 4. The second-order valence-corrected chi connectivity index (χ2v) is 10.1. The van der Waals surface area contributed by atoms with Gasteiger partial charge in [0.1, 0.15) is 16.7 Å². The summed E-state index contributed by atoms with van der Waals surface area (Å²) in [6, 6.07) is 14.4. The molecule has 1 atom stereocenters. The van der Waals surface area contributed by atoms with Gasteiger partial charge in [-0.1, -0.05) is 34.5 Å². The molecule has 0 amide bonds. The molecule has 4 rings (SSSR count). The van der Waals surface area contributed by atoms with E-state index in [2.05, 4.69) is 34.1 Å². The van der Waals surface area contributed by atoms with Crippen LogP contribution in [0.2, 0.25) is 0 Å². The maximum atomic E-state index is 12.4. The lowest BCUT2D eigenvalue weighted by Gasteiger charge is -2.43. The maximum absolute atomic E-state index is 12.4. The van der Waals surface area contributed by atoms with Crippen LogP contribution in [-0.4, -0.2) is 44.6 Å². The Hall–Kier alpha value is -1.60. The second kappa shape index (κ2) is 7.43. The Labute approximate surface area is 162 Å². The van der Waals surface area contributed by atoms with Crippen LogP contribution >= 0.6 is 0 Å². The van der Waals surface area contributed by atoms with Crippen molar-refractivity contribution in [3.63, 3.8) is 0 Å². The van der Waals surface area contributed by atoms with Crippen LogP contribution in [0.15, 0.2) is 48.7 Å². The Morgan fingerprint density at radius 3 is 2.48 bits per heavy atom. The summed E-state index contributed by atoms with van der Waals surface area (Å²) in [4.78, 5) is 6.88. The number of nitrogens with zero attached hydrogens (tertiary/aromatic N) is 3. The molecule has 1 saturated heterocycles. The van der Waals surface area contributed by atoms with E-state index in [0.29, 0.717) is 13.1 Å². The molecule has 1 unspecified atom stereocenters. The quantitative estimate of drug-likeness (QED) is 0.763. The third-order valence-corrected chi connectivity index (χ3v) is 7.24. The smallest absolute Gasteiger partial charge is 0.122 e. The van der Waals surface area contributed by atoms with Gasteiger partial charge in [0.05, 0.1) is 18.8 Å². The van der Waals surface area contributed by atoms with Gasteiger partial charge in [-0.25, -0.2) is 0 Å². The number of piperidine rings is 1. The van der Waals surface area contributed by atoms with E-state index in [1.54, 1.807) is 4.31 Å². The lowest BCUT2D eigenvalue weighted by molar-refractivity contribution is 0.0800. The molecule has 0 aliphatic carbocycles. The van der Waals surface area contributed by atoms with Crippen LogP contribution < -0.4 is 0 Å². The predicted molar refractivity (Wildman–Crippen MR) is 106 cm³/mol. The van der Waals surface area contributed by atoms with Crippen molar-refractivity contribution in [2.75, 3.05) is 25.9 Å². The highest BCUT2D eigenvalue weighted by Crippen LogP contribution is 2.40. The van der Waals surface area contributed by atoms with Gasteiger partial charge < -0.3 is 4.55 Å². The van der Waals surface area contributed by atoms with Gasteiger partial charge in [0.25, 0.3) is 0 Å². The summed E-state index contributed by atoms with van der Waals surface area (Å²) in [6.07, 6.45) is 6.17. The zero-order valence-corrected chi connectivity index (χ0v) is 16.7. The van der Waals surface area contributed by atoms with E-state index in [1.807, 2.05) is 24.4 Å². The summed E-state index contributed by atoms with van der Waals surface area (Å²) in [5.74, 6) is 0. The number of aromatic nitrogens is 1. The molecule has 1 aromatic carbocycles. The third kappa shape index (κ3) is 4.29. The molecule has 2 aliphatic rings.